The van der Waals surface area contributed by atoms with Crippen LogP contribution in [0.3, 0.4) is 0 Å². The summed E-state index contributed by atoms with van der Waals surface area (Å²) in [5.74, 6) is -0.238. The summed E-state index contributed by atoms with van der Waals surface area (Å²) in [6.07, 6.45) is -4.64. The lowest BCUT2D eigenvalue weighted by atomic mass is 10.1. The van der Waals surface area contributed by atoms with Crippen molar-refractivity contribution in [3.63, 3.8) is 0 Å². The molecule has 0 aliphatic carbocycles. The van der Waals surface area contributed by atoms with Crippen molar-refractivity contribution in [2.45, 2.75) is 12.8 Å². The minimum Gasteiger partial charge on any atom is -0.406 e. The summed E-state index contributed by atoms with van der Waals surface area (Å²) in [7, 11) is 0. The third kappa shape index (κ3) is 2.97. The van der Waals surface area contributed by atoms with E-state index in [-0.39, 0.29) is 12.2 Å². The molecule has 0 unspecified atom stereocenters. The van der Waals surface area contributed by atoms with Gasteiger partial charge in [0.15, 0.2) is 0 Å². The number of hydrogen-bond donors (Lipinski definition) is 0. The lowest BCUT2D eigenvalue weighted by Crippen LogP contribution is -2.17. The van der Waals surface area contributed by atoms with Gasteiger partial charge in [-0.3, -0.25) is 0 Å². The van der Waals surface area contributed by atoms with Crippen LogP contribution in [0.2, 0.25) is 0 Å². The SMILES string of the molecule is [CH]Cc1ccccc1OC(F)(F)F. The van der Waals surface area contributed by atoms with E-state index in [0.29, 0.717) is 5.56 Å². The third-order valence-electron chi connectivity index (χ3n) is 1.42. The molecule has 0 saturated carbocycles. The van der Waals surface area contributed by atoms with Crippen molar-refractivity contribution in [1.82, 2.24) is 0 Å². The van der Waals surface area contributed by atoms with E-state index >= 15 is 0 Å². The molecule has 0 N–H and O–H groups in total. The maximum absolute atomic E-state index is 11.8. The van der Waals surface area contributed by atoms with Crippen LogP contribution in [0.1, 0.15) is 5.56 Å². The molecule has 4 heteroatoms. The van der Waals surface area contributed by atoms with Gasteiger partial charge in [0.1, 0.15) is 5.75 Å². The van der Waals surface area contributed by atoms with Gasteiger partial charge >= 0.3 is 6.36 Å². The average Bonchev–Trinajstić information content (AvgIpc) is 2.02. The van der Waals surface area contributed by atoms with Gasteiger partial charge in [-0.2, -0.15) is 0 Å². The molecular weight excluding hydrogens is 181 g/mol. The van der Waals surface area contributed by atoms with Gasteiger partial charge in [0, 0.05) is 0 Å². The molecule has 0 saturated heterocycles. The Morgan fingerprint density at radius 1 is 1.23 bits per heavy atom. The summed E-state index contributed by atoms with van der Waals surface area (Å²) >= 11 is 0. The predicted octanol–water partition coefficient (Wildman–Crippen LogP) is 2.84. The van der Waals surface area contributed by atoms with E-state index in [1.54, 1.807) is 6.07 Å². The van der Waals surface area contributed by atoms with E-state index in [9.17, 15) is 13.2 Å². The Bertz CT molecular complexity index is 280. The van der Waals surface area contributed by atoms with Gasteiger partial charge < -0.3 is 4.74 Å². The van der Waals surface area contributed by atoms with Crippen molar-refractivity contribution in [2.75, 3.05) is 0 Å². The van der Waals surface area contributed by atoms with Crippen LogP contribution in [0, 0.1) is 6.92 Å². The van der Waals surface area contributed by atoms with Gasteiger partial charge in [-0.05, 0) is 25.0 Å². The number of ether oxygens (including phenoxy) is 1. The first kappa shape index (κ1) is 9.89. The van der Waals surface area contributed by atoms with Gasteiger partial charge in [-0.1, -0.05) is 18.2 Å². The molecule has 1 nitrogen and oxygen atoms in total. The molecule has 0 aliphatic rings. The zero-order chi connectivity index (χ0) is 9.90. The van der Waals surface area contributed by atoms with E-state index in [1.165, 1.54) is 18.2 Å². The van der Waals surface area contributed by atoms with E-state index in [1.807, 2.05) is 0 Å². The number of hydrogen-bond acceptors (Lipinski definition) is 1. The fraction of sp³-hybridized carbons (Fsp3) is 0.222. The maximum atomic E-state index is 11.8. The molecule has 0 atom stereocenters. The number of rotatable bonds is 2. The molecule has 0 aliphatic heterocycles. The number of alkyl halides is 3. The summed E-state index contributed by atoms with van der Waals surface area (Å²) in [6, 6.07) is 5.78. The monoisotopic (exact) mass is 188 g/mol. The highest BCUT2D eigenvalue weighted by molar-refractivity contribution is 5.33. The lowest BCUT2D eigenvalue weighted by molar-refractivity contribution is -0.274. The molecule has 0 aromatic heterocycles. The Labute approximate surface area is 74.1 Å². The lowest BCUT2D eigenvalue weighted by Gasteiger charge is -2.11. The molecule has 0 bridgehead atoms. The Kier molecular flexibility index (Phi) is 2.80. The zero-order valence-electron chi connectivity index (χ0n) is 6.64. The van der Waals surface area contributed by atoms with Crippen molar-refractivity contribution < 1.29 is 17.9 Å². The molecule has 0 spiro atoms. The standard InChI is InChI=1S/C9H7F3O/c1-2-7-5-3-4-6-8(7)13-9(10,11)12/h1,3-6H,2H2. The van der Waals surface area contributed by atoms with Crippen molar-refractivity contribution in [1.29, 1.82) is 0 Å². The van der Waals surface area contributed by atoms with E-state index in [0.717, 1.165) is 0 Å². The molecule has 70 valence electrons. The molecule has 13 heavy (non-hydrogen) atoms. The van der Waals surface area contributed by atoms with Crippen LogP contribution in [0.25, 0.3) is 0 Å². The average molecular weight is 188 g/mol. The van der Waals surface area contributed by atoms with E-state index in [2.05, 4.69) is 4.74 Å². The molecule has 2 radical (unpaired) electrons. The second kappa shape index (κ2) is 3.68. The summed E-state index contributed by atoms with van der Waals surface area (Å²) < 4.78 is 39.1. The van der Waals surface area contributed by atoms with Gasteiger partial charge in [0.05, 0.1) is 0 Å². The second-order valence-electron chi connectivity index (χ2n) is 2.36. The van der Waals surface area contributed by atoms with Crippen LogP contribution in [0.5, 0.6) is 5.75 Å². The Morgan fingerprint density at radius 3 is 2.38 bits per heavy atom. The van der Waals surface area contributed by atoms with Gasteiger partial charge in [-0.25, -0.2) is 0 Å². The van der Waals surface area contributed by atoms with E-state index in [4.69, 9.17) is 6.92 Å². The van der Waals surface area contributed by atoms with Crippen molar-refractivity contribution >= 4 is 0 Å². The minimum absolute atomic E-state index is 0.0201. The summed E-state index contributed by atoms with van der Waals surface area (Å²) in [5.41, 5.74) is 0.333. The molecule has 0 heterocycles. The maximum Gasteiger partial charge on any atom is 0.573 e. The van der Waals surface area contributed by atoms with Crippen molar-refractivity contribution in [2.24, 2.45) is 0 Å². The first-order valence-electron chi connectivity index (χ1n) is 3.56. The van der Waals surface area contributed by atoms with Crippen LogP contribution >= 0.6 is 0 Å². The van der Waals surface area contributed by atoms with Crippen LogP contribution in [-0.2, 0) is 6.42 Å². The second-order valence-corrected chi connectivity index (χ2v) is 2.36. The van der Waals surface area contributed by atoms with Crippen LogP contribution in [-0.4, -0.2) is 6.36 Å². The van der Waals surface area contributed by atoms with Crippen molar-refractivity contribution in [3.8, 4) is 5.75 Å². The van der Waals surface area contributed by atoms with Crippen LogP contribution in [0.15, 0.2) is 24.3 Å². The smallest absolute Gasteiger partial charge is 0.406 e. The molecule has 0 amide bonds. The predicted molar refractivity (Wildman–Crippen MR) is 41.1 cm³/mol. The molecular formula is C9H7F3O. The quantitative estimate of drug-likeness (QED) is 0.693. The van der Waals surface area contributed by atoms with Gasteiger partial charge in [0.2, 0.25) is 0 Å². The molecule has 0 fully saturated rings. The molecule has 1 rings (SSSR count). The minimum atomic E-state index is -4.66. The van der Waals surface area contributed by atoms with Gasteiger partial charge in [-0.15, -0.1) is 13.2 Å². The fourth-order valence-electron chi connectivity index (χ4n) is 0.897. The van der Waals surface area contributed by atoms with E-state index < -0.39 is 6.36 Å². The Morgan fingerprint density at radius 2 is 1.85 bits per heavy atom. The summed E-state index contributed by atoms with van der Waals surface area (Å²) in [4.78, 5) is 0. The number of para-hydroxylation sites is 1. The Balaban J connectivity index is 2.87. The molecule has 1 aromatic carbocycles. The third-order valence-corrected chi connectivity index (χ3v) is 1.42. The zero-order valence-corrected chi connectivity index (χ0v) is 6.64. The highest BCUT2D eigenvalue weighted by Gasteiger charge is 2.31. The normalized spacial score (nSPS) is 11.4. The van der Waals surface area contributed by atoms with Gasteiger partial charge in [0.25, 0.3) is 0 Å². The first-order valence-corrected chi connectivity index (χ1v) is 3.56. The van der Waals surface area contributed by atoms with Crippen LogP contribution < -0.4 is 4.74 Å². The first-order chi connectivity index (χ1) is 6.03. The van der Waals surface area contributed by atoms with Crippen LogP contribution in [0.4, 0.5) is 13.2 Å². The highest BCUT2D eigenvalue weighted by atomic mass is 19.4. The topological polar surface area (TPSA) is 9.23 Å². The van der Waals surface area contributed by atoms with Crippen molar-refractivity contribution in [3.05, 3.63) is 36.8 Å². The molecule has 1 aromatic rings. The summed E-state index contributed by atoms with van der Waals surface area (Å²) in [5, 5.41) is 0. The fourth-order valence-corrected chi connectivity index (χ4v) is 0.897. The number of halogens is 3. The highest BCUT2D eigenvalue weighted by Crippen LogP contribution is 2.26. The Hall–Kier alpha value is -1.19. The summed E-state index contributed by atoms with van der Waals surface area (Å²) in [6.45, 7) is 5.22. The number of benzene rings is 1. The largest absolute Gasteiger partial charge is 0.573 e.